The van der Waals surface area contributed by atoms with Gasteiger partial charge in [-0.25, -0.2) is 0 Å². The van der Waals surface area contributed by atoms with Crippen LogP contribution in [-0.4, -0.2) is 29.0 Å². The highest BCUT2D eigenvalue weighted by Crippen LogP contribution is 2.30. The predicted octanol–water partition coefficient (Wildman–Crippen LogP) is 3.40. The monoisotopic (exact) mass is 277 g/mol. The van der Waals surface area contributed by atoms with Gasteiger partial charge in [-0.15, -0.1) is 0 Å². The van der Waals surface area contributed by atoms with Crippen LogP contribution in [0.5, 0.6) is 0 Å². The van der Waals surface area contributed by atoms with Crippen LogP contribution in [0.25, 0.3) is 0 Å². The van der Waals surface area contributed by atoms with Gasteiger partial charge >= 0.3 is 0 Å². The molecule has 1 aromatic carbocycles. The van der Waals surface area contributed by atoms with Crippen molar-refractivity contribution in [3.63, 3.8) is 0 Å². The standard InChI is InChI=1S/C15H23N3O2/c1-4-13-7-5-11(2)17(13)10-12-6-8-14(16-3)15(9-12)18(19)20/h6,8-9,11,13,16H,4-5,7,10H2,1-3H3. The summed E-state index contributed by atoms with van der Waals surface area (Å²) >= 11 is 0. The van der Waals surface area contributed by atoms with E-state index < -0.39 is 0 Å². The number of hydrogen-bond donors (Lipinski definition) is 1. The van der Waals surface area contributed by atoms with Gasteiger partial charge in [-0.2, -0.15) is 0 Å². The van der Waals surface area contributed by atoms with E-state index in [0.29, 0.717) is 17.8 Å². The topological polar surface area (TPSA) is 58.4 Å². The minimum atomic E-state index is -0.319. The lowest BCUT2D eigenvalue weighted by Gasteiger charge is -2.27. The zero-order valence-corrected chi connectivity index (χ0v) is 12.4. The van der Waals surface area contributed by atoms with Crippen molar-refractivity contribution in [3.05, 3.63) is 33.9 Å². The lowest BCUT2D eigenvalue weighted by Crippen LogP contribution is -2.33. The molecule has 0 amide bonds. The van der Waals surface area contributed by atoms with Crippen LogP contribution in [0.4, 0.5) is 11.4 Å². The molecule has 2 rings (SSSR count). The van der Waals surface area contributed by atoms with Crippen LogP contribution < -0.4 is 5.32 Å². The van der Waals surface area contributed by atoms with Crippen LogP contribution >= 0.6 is 0 Å². The van der Waals surface area contributed by atoms with Crippen molar-refractivity contribution in [1.82, 2.24) is 4.90 Å². The van der Waals surface area contributed by atoms with Crippen molar-refractivity contribution < 1.29 is 4.92 Å². The molecule has 1 aromatic rings. The van der Waals surface area contributed by atoms with Crippen molar-refractivity contribution >= 4 is 11.4 Å². The van der Waals surface area contributed by atoms with E-state index >= 15 is 0 Å². The van der Waals surface area contributed by atoms with Crippen molar-refractivity contribution in [2.45, 2.75) is 51.7 Å². The summed E-state index contributed by atoms with van der Waals surface area (Å²) < 4.78 is 0. The van der Waals surface area contributed by atoms with Gasteiger partial charge in [0, 0.05) is 31.7 Å². The average Bonchev–Trinajstić information content (AvgIpc) is 2.79. The fourth-order valence-electron chi connectivity index (χ4n) is 3.10. The number of nitrogens with one attached hydrogen (secondary N) is 1. The van der Waals surface area contributed by atoms with Crippen LogP contribution in [0, 0.1) is 10.1 Å². The number of benzene rings is 1. The number of nitro benzene ring substituents is 1. The van der Waals surface area contributed by atoms with E-state index in [4.69, 9.17) is 0 Å². The second kappa shape index (κ2) is 6.22. The lowest BCUT2D eigenvalue weighted by molar-refractivity contribution is -0.384. The van der Waals surface area contributed by atoms with Gasteiger partial charge in [0.25, 0.3) is 5.69 Å². The Kier molecular flexibility index (Phi) is 4.60. The first-order chi connectivity index (χ1) is 9.56. The van der Waals surface area contributed by atoms with E-state index in [1.807, 2.05) is 6.07 Å². The molecule has 20 heavy (non-hydrogen) atoms. The summed E-state index contributed by atoms with van der Waals surface area (Å²) in [5.74, 6) is 0. The molecule has 110 valence electrons. The Morgan fingerprint density at radius 1 is 1.45 bits per heavy atom. The van der Waals surface area contributed by atoms with E-state index in [1.54, 1.807) is 19.2 Å². The van der Waals surface area contributed by atoms with Crippen molar-refractivity contribution in [1.29, 1.82) is 0 Å². The molecule has 0 aliphatic carbocycles. The Hall–Kier alpha value is -1.62. The smallest absolute Gasteiger partial charge is 0.292 e. The highest BCUT2D eigenvalue weighted by Gasteiger charge is 2.29. The first kappa shape index (κ1) is 14.8. The largest absolute Gasteiger partial charge is 0.383 e. The third-order valence-corrected chi connectivity index (χ3v) is 4.32. The van der Waals surface area contributed by atoms with E-state index in [0.717, 1.165) is 18.5 Å². The van der Waals surface area contributed by atoms with Gasteiger partial charge in [0.15, 0.2) is 0 Å². The highest BCUT2D eigenvalue weighted by molar-refractivity contribution is 5.62. The molecule has 0 aromatic heterocycles. The number of hydrogen-bond acceptors (Lipinski definition) is 4. The number of anilines is 1. The van der Waals surface area contributed by atoms with Crippen LogP contribution in [0.2, 0.25) is 0 Å². The van der Waals surface area contributed by atoms with Gasteiger partial charge in [-0.3, -0.25) is 15.0 Å². The molecule has 1 fully saturated rings. The van der Waals surface area contributed by atoms with Crippen molar-refractivity contribution in [2.24, 2.45) is 0 Å². The molecular weight excluding hydrogens is 254 g/mol. The predicted molar refractivity (Wildman–Crippen MR) is 81.0 cm³/mol. The number of nitro groups is 1. The molecule has 5 nitrogen and oxygen atoms in total. The molecule has 0 bridgehead atoms. The maximum atomic E-state index is 11.1. The van der Waals surface area contributed by atoms with Gasteiger partial charge in [-0.05, 0) is 37.8 Å². The Balaban J connectivity index is 2.21. The lowest BCUT2D eigenvalue weighted by atomic mass is 10.1. The summed E-state index contributed by atoms with van der Waals surface area (Å²) in [4.78, 5) is 13.3. The maximum absolute atomic E-state index is 11.1. The van der Waals surface area contributed by atoms with E-state index in [1.165, 1.54) is 12.8 Å². The Labute approximate surface area is 120 Å². The Morgan fingerprint density at radius 2 is 2.20 bits per heavy atom. The Bertz CT molecular complexity index is 490. The second-order valence-corrected chi connectivity index (χ2v) is 5.52. The molecule has 0 radical (unpaired) electrons. The molecule has 0 spiro atoms. The van der Waals surface area contributed by atoms with E-state index in [-0.39, 0.29) is 10.6 Å². The minimum absolute atomic E-state index is 0.157. The van der Waals surface area contributed by atoms with Gasteiger partial charge in [-0.1, -0.05) is 13.0 Å². The molecule has 5 heteroatoms. The summed E-state index contributed by atoms with van der Waals surface area (Å²) in [6, 6.07) is 6.64. The molecule has 2 unspecified atom stereocenters. The highest BCUT2D eigenvalue weighted by atomic mass is 16.6. The quantitative estimate of drug-likeness (QED) is 0.662. The van der Waals surface area contributed by atoms with Crippen molar-refractivity contribution in [3.8, 4) is 0 Å². The van der Waals surface area contributed by atoms with E-state index in [9.17, 15) is 10.1 Å². The number of likely N-dealkylation sites (tertiary alicyclic amines) is 1. The minimum Gasteiger partial charge on any atom is -0.383 e. The summed E-state index contributed by atoms with van der Waals surface area (Å²) in [5, 5.41) is 14.0. The summed E-state index contributed by atoms with van der Waals surface area (Å²) in [6.07, 6.45) is 3.59. The molecule has 1 aliphatic rings. The second-order valence-electron chi connectivity index (χ2n) is 5.52. The summed E-state index contributed by atoms with van der Waals surface area (Å²) in [5.41, 5.74) is 1.74. The number of rotatable bonds is 5. The number of nitrogens with zero attached hydrogens (tertiary/aromatic N) is 2. The summed E-state index contributed by atoms with van der Waals surface area (Å²) in [7, 11) is 1.71. The molecule has 1 aliphatic heterocycles. The first-order valence-electron chi connectivity index (χ1n) is 7.27. The van der Waals surface area contributed by atoms with Crippen LogP contribution in [0.15, 0.2) is 18.2 Å². The molecule has 1 heterocycles. The van der Waals surface area contributed by atoms with E-state index in [2.05, 4.69) is 24.1 Å². The zero-order valence-electron chi connectivity index (χ0n) is 12.4. The van der Waals surface area contributed by atoms with Crippen LogP contribution in [0.1, 0.15) is 38.7 Å². The van der Waals surface area contributed by atoms with Crippen LogP contribution in [-0.2, 0) is 6.54 Å². The van der Waals surface area contributed by atoms with Gasteiger partial charge in [0.05, 0.1) is 4.92 Å². The van der Waals surface area contributed by atoms with Gasteiger partial charge < -0.3 is 5.32 Å². The molecule has 0 saturated carbocycles. The van der Waals surface area contributed by atoms with Crippen LogP contribution in [0.3, 0.4) is 0 Å². The molecule has 1 N–H and O–H groups in total. The first-order valence-corrected chi connectivity index (χ1v) is 7.27. The fourth-order valence-corrected chi connectivity index (χ4v) is 3.10. The molecular formula is C15H23N3O2. The zero-order chi connectivity index (χ0) is 14.7. The third-order valence-electron chi connectivity index (χ3n) is 4.32. The van der Waals surface area contributed by atoms with Gasteiger partial charge in [0.1, 0.15) is 5.69 Å². The Morgan fingerprint density at radius 3 is 2.80 bits per heavy atom. The average molecular weight is 277 g/mol. The van der Waals surface area contributed by atoms with Gasteiger partial charge in [0.2, 0.25) is 0 Å². The fraction of sp³-hybridized carbons (Fsp3) is 0.600. The van der Waals surface area contributed by atoms with Crippen molar-refractivity contribution in [2.75, 3.05) is 12.4 Å². The third kappa shape index (κ3) is 2.93. The SMILES string of the molecule is CCC1CCC(C)N1Cc1ccc(NC)c([N+](=O)[O-])c1. The molecule has 2 atom stereocenters. The summed E-state index contributed by atoms with van der Waals surface area (Å²) in [6.45, 7) is 5.25. The molecule has 1 saturated heterocycles. The normalized spacial score (nSPS) is 22.9. The maximum Gasteiger partial charge on any atom is 0.292 e.